The van der Waals surface area contributed by atoms with Crippen LogP contribution < -0.4 is 5.32 Å². The summed E-state index contributed by atoms with van der Waals surface area (Å²) in [5.74, 6) is -0.830. The molecule has 96 valence electrons. The van der Waals surface area contributed by atoms with Crippen molar-refractivity contribution in [2.75, 3.05) is 11.5 Å². The average molecular weight is 267 g/mol. The summed E-state index contributed by atoms with van der Waals surface area (Å²) in [4.78, 5) is 22.8. The monoisotopic (exact) mass is 267 g/mol. The molecule has 5 nitrogen and oxygen atoms in total. The van der Waals surface area contributed by atoms with Crippen LogP contribution in [0.2, 0.25) is 0 Å². The van der Waals surface area contributed by atoms with Crippen LogP contribution in [0.3, 0.4) is 0 Å². The molecule has 0 bridgehead atoms. The summed E-state index contributed by atoms with van der Waals surface area (Å²) in [5.41, 5.74) is 0.870. The molecule has 0 aliphatic carbocycles. The second kappa shape index (κ2) is 5.77. The van der Waals surface area contributed by atoms with Crippen molar-refractivity contribution in [1.82, 2.24) is 5.32 Å². The fourth-order valence-electron chi connectivity index (χ4n) is 1.62. The average Bonchev–Trinajstić information content (AvgIpc) is 2.36. The minimum absolute atomic E-state index is 0.0392. The van der Waals surface area contributed by atoms with E-state index >= 15 is 0 Å². The molecule has 0 saturated carbocycles. The Morgan fingerprint density at radius 1 is 1.39 bits per heavy atom. The summed E-state index contributed by atoms with van der Waals surface area (Å²) in [5, 5.41) is 2.48. The highest BCUT2D eigenvalue weighted by Gasteiger charge is 2.30. The van der Waals surface area contributed by atoms with Gasteiger partial charge in [0.1, 0.15) is 18.4 Å². The predicted molar refractivity (Wildman–Crippen MR) is 66.0 cm³/mol. The Bertz CT molecular complexity index is 458. The van der Waals surface area contributed by atoms with E-state index < -0.39 is 22.8 Å². The second-order valence-corrected chi connectivity index (χ2v) is 5.47. The molecule has 1 amide bonds. The van der Waals surface area contributed by atoms with Crippen LogP contribution >= 0.6 is 0 Å². The van der Waals surface area contributed by atoms with Gasteiger partial charge < -0.3 is 10.1 Å². The van der Waals surface area contributed by atoms with E-state index in [1.54, 1.807) is 0 Å². The SMILES string of the molecule is O=C1CS(=O)CC(C(=O)OCc2ccccc2)N1. The molecule has 1 aliphatic heterocycles. The number of carbonyl (C=O) groups is 2. The standard InChI is InChI=1S/C12H13NO4S/c14-11-8-18(16)7-10(13-11)12(15)17-6-9-4-2-1-3-5-9/h1-5,10H,6-8H2,(H,13,14). The van der Waals surface area contributed by atoms with Gasteiger partial charge in [-0.1, -0.05) is 30.3 Å². The molecular formula is C12H13NO4S. The first-order valence-electron chi connectivity index (χ1n) is 5.50. The van der Waals surface area contributed by atoms with Crippen LogP contribution in [0.15, 0.2) is 30.3 Å². The Kier molecular flexibility index (Phi) is 4.09. The van der Waals surface area contributed by atoms with Gasteiger partial charge in [0, 0.05) is 10.8 Å². The number of rotatable bonds is 3. The van der Waals surface area contributed by atoms with Gasteiger partial charge in [0.2, 0.25) is 5.91 Å². The molecule has 1 N–H and O–H groups in total. The lowest BCUT2D eigenvalue weighted by molar-refractivity contribution is -0.148. The molecule has 1 aromatic rings. The predicted octanol–water partition coefficient (Wildman–Crippen LogP) is -0.0231. The van der Waals surface area contributed by atoms with Gasteiger partial charge in [-0.2, -0.15) is 0 Å². The van der Waals surface area contributed by atoms with Crippen molar-refractivity contribution >= 4 is 22.7 Å². The van der Waals surface area contributed by atoms with Gasteiger partial charge in [-0.3, -0.25) is 9.00 Å². The van der Waals surface area contributed by atoms with Gasteiger partial charge in [-0.15, -0.1) is 0 Å². The number of hydrogen-bond acceptors (Lipinski definition) is 4. The molecule has 2 unspecified atom stereocenters. The van der Waals surface area contributed by atoms with E-state index in [1.807, 2.05) is 30.3 Å². The molecule has 18 heavy (non-hydrogen) atoms. The van der Waals surface area contributed by atoms with Crippen LogP contribution in [0.4, 0.5) is 0 Å². The molecule has 1 fully saturated rings. The maximum atomic E-state index is 11.7. The summed E-state index contributed by atoms with van der Waals surface area (Å²) in [7, 11) is -1.28. The highest BCUT2D eigenvalue weighted by atomic mass is 32.2. The zero-order chi connectivity index (χ0) is 13.0. The first-order chi connectivity index (χ1) is 8.65. The van der Waals surface area contributed by atoms with Crippen molar-refractivity contribution in [3.63, 3.8) is 0 Å². The van der Waals surface area contributed by atoms with E-state index in [0.29, 0.717) is 0 Å². The normalized spacial score (nSPS) is 23.2. The number of esters is 1. The van der Waals surface area contributed by atoms with Gasteiger partial charge in [0.25, 0.3) is 0 Å². The van der Waals surface area contributed by atoms with E-state index in [9.17, 15) is 13.8 Å². The van der Waals surface area contributed by atoms with E-state index in [0.717, 1.165) is 5.56 Å². The summed E-state index contributed by atoms with van der Waals surface area (Å²) >= 11 is 0. The minimum Gasteiger partial charge on any atom is -0.459 e. The summed E-state index contributed by atoms with van der Waals surface area (Å²) in [6, 6.07) is 8.45. The van der Waals surface area contributed by atoms with Gasteiger partial charge in [0.15, 0.2) is 0 Å². The topological polar surface area (TPSA) is 72.5 Å². The molecule has 0 aromatic heterocycles. The number of amides is 1. The van der Waals surface area contributed by atoms with Crippen molar-refractivity contribution in [1.29, 1.82) is 0 Å². The number of nitrogens with one attached hydrogen (secondary N) is 1. The van der Waals surface area contributed by atoms with Crippen LogP contribution in [0.25, 0.3) is 0 Å². The maximum Gasteiger partial charge on any atom is 0.329 e. The minimum atomic E-state index is -1.28. The van der Waals surface area contributed by atoms with Crippen molar-refractivity contribution < 1.29 is 18.5 Å². The zero-order valence-electron chi connectivity index (χ0n) is 9.63. The zero-order valence-corrected chi connectivity index (χ0v) is 10.4. The molecule has 1 heterocycles. The lowest BCUT2D eigenvalue weighted by atomic mass is 10.2. The van der Waals surface area contributed by atoms with E-state index in [-0.39, 0.29) is 24.0 Å². The summed E-state index contributed by atoms with van der Waals surface area (Å²) in [6.07, 6.45) is 0. The lowest BCUT2D eigenvalue weighted by Crippen LogP contribution is -2.51. The lowest BCUT2D eigenvalue weighted by Gasteiger charge is -2.21. The van der Waals surface area contributed by atoms with Crippen LogP contribution in [0, 0.1) is 0 Å². The van der Waals surface area contributed by atoms with E-state index in [1.165, 1.54) is 0 Å². The molecule has 2 atom stereocenters. The fourth-order valence-corrected chi connectivity index (χ4v) is 2.71. The molecule has 1 aromatic carbocycles. The van der Waals surface area contributed by atoms with Crippen molar-refractivity contribution in [2.24, 2.45) is 0 Å². The Morgan fingerprint density at radius 2 is 2.11 bits per heavy atom. The Morgan fingerprint density at radius 3 is 2.78 bits per heavy atom. The number of hydrogen-bond donors (Lipinski definition) is 1. The molecule has 0 radical (unpaired) electrons. The molecular weight excluding hydrogens is 254 g/mol. The number of carbonyl (C=O) groups excluding carboxylic acids is 2. The van der Waals surface area contributed by atoms with Gasteiger partial charge in [-0.05, 0) is 5.56 Å². The third kappa shape index (κ3) is 3.40. The Labute approximate surface area is 107 Å². The largest absolute Gasteiger partial charge is 0.459 e. The molecule has 0 spiro atoms. The van der Waals surface area contributed by atoms with Crippen LogP contribution in [-0.2, 0) is 31.7 Å². The second-order valence-electron chi connectivity index (χ2n) is 3.96. The molecule has 6 heteroatoms. The van der Waals surface area contributed by atoms with Crippen LogP contribution in [0.5, 0.6) is 0 Å². The number of ether oxygens (including phenoxy) is 1. The van der Waals surface area contributed by atoms with Gasteiger partial charge >= 0.3 is 5.97 Å². The molecule has 1 aliphatic rings. The summed E-state index contributed by atoms with van der Waals surface area (Å²) in [6.45, 7) is 0.151. The fraction of sp³-hybridized carbons (Fsp3) is 0.333. The first-order valence-corrected chi connectivity index (χ1v) is 6.99. The van der Waals surface area contributed by atoms with Crippen LogP contribution in [-0.4, -0.2) is 33.6 Å². The molecule has 2 rings (SSSR count). The highest BCUT2D eigenvalue weighted by Crippen LogP contribution is 2.05. The van der Waals surface area contributed by atoms with Crippen molar-refractivity contribution in [2.45, 2.75) is 12.6 Å². The third-order valence-corrected chi connectivity index (χ3v) is 3.78. The Balaban J connectivity index is 1.88. The van der Waals surface area contributed by atoms with Crippen LogP contribution in [0.1, 0.15) is 5.56 Å². The Hall–Kier alpha value is -1.69. The van der Waals surface area contributed by atoms with Gasteiger partial charge in [0.05, 0.1) is 5.75 Å². The van der Waals surface area contributed by atoms with Crippen molar-refractivity contribution in [3.05, 3.63) is 35.9 Å². The maximum absolute atomic E-state index is 11.7. The van der Waals surface area contributed by atoms with E-state index in [2.05, 4.69) is 5.32 Å². The van der Waals surface area contributed by atoms with E-state index in [4.69, 9.17) is 4.74 Å². The van der Waals surface area contributed by atoms with Gasteiger partial charge in [-0.25, -0.2) is 4.79 Å². The molecule has 1 saturated heterocycles. The highest BCUT2D eigenvalue weighted by molar-refractivity contribution is 7.85. The first kappa shape index (κ1) is 12.8. The van der Waals surface area contributed by atoms with Crippen molar-refractivity contribution in [3.8, 4) is 0 Å². The quantitative estimate of drug-likeness (QED) is 0.781. The summed E-state index contributed by atoms with van der Waals surface area (Å²) < 4.78 is 16.4. The third-order valence-electron chi connectivity index (χ3n) is 2.49. The number of benzene rings is 1. The smallest absolute Gasteiger partial charge is 0.329 e.